The van der Waals surface area contributed by atoms with Gasteiger partial charge < -0.3 is 14.6 Å². The first-order valence-corrected chi connectivity index (χ1v) is 6.52. The molecule has 0 unspecified atom stereocenters. The fraction of sp³-hybridized carbons (Fsp3) is 0.400. The molecule has 1 aromatic carbocycles. The van der Waals surface area contributed by atoms with Crippen molar-refractivity contribution < 1.29 is 9.26 Å². The number of aryl methyl sites for hydroxylation is 1. The second kappa shape index (κ2) is 6.38. The molecule has 2 rings (SSSR count). The van der Waals surface area contributed by atoms with Gasteiger partial charge in [0.25, 0.3) is 0 Å². The lowest BCUT2D eigenvalue weighted by Crippen LogP contribution is -2.14. The Bertz CT molecular complexity index is 520. The van der Waals surface area contributed by atoms with Crippen molar-refractivity contribution in [2.24, 2.45) is 0 Å². The maximum absolute atomic E-state index is 5.78. The molecule has 0 radical (unpaired) electrons. The molecule has 1 aromatic heterocycles. The van der Waals surface area contributed by atoms with Crippen LogP contribution < -0.4 is 10.1 Å². The summed E-state index contributed by atoms with van der Waals surface area (Å²) in [5.41, 5.74) is 2.05. The minimum absolute atomic E-state index is 0.179. The minimum atomic E-state index is 0.179. The molecule has 0 spiro atoms. The average Bonchev–Trinajstić information content (AvgIpc) is 2.77. The molecular weight excluding hydrogens is 240 g/mol. The van der Waals surface area contributed by atoms with Crippen LogP contribution in [0, 0.1) is 6.92 Å². The Hall–Kier alpha value is -1.81. The highest BCUT2D eigenvalue weighted by Gasteiger charge is 2.05. The lowest BCUT2D eigenvalue weighted by atomic mass is 10.2. The van der Waals surface area contributed by atoms with E-state index >= 15 is 0 Å². The number of para-hydroxylation sites is 1. The van der Waals surface area contributed by atoms with Gasteiger partial charge in [0.2, 0.25) is 0 Å². The first-order valence-electron chi connectivity index (χ1n) is 6.52. The molecular formula is C15H20N2O2. The molecule has 0 bridgehead atoms. The van der Waals surface area contributed by atoms with Gasteiger partial charge >= 0.3 is 0 Å². The van der Waals surface area contributed by atoms with Crippen LogP contribution in [0.15, 0.2) is 34.9 Å². The fourth-order valence-corrected chi connectivity index (χ4v) is 1.84. The molecule has 19 heavy (non-hydrogen) atoms. The van der Waals surface area contributed by atoms with Gasteiger partial charge in [-0.2, -0.15) is 0 Å². The van der Waals surface area contributed by atoms with Crippen molar-refractivity contribution in [2.75, 3.05) is 0 Å². The van der Waals surface area contributed by atoms with E-state index in [1.807, 2.05) is 45.0 Å². The van der Waals surface area contributed by atoms with Crippen LogP contribution in [0.3, 0.4) is 0 Å². The van der Waals surface area contributed by atoms with Crippen LogP contribution >= 0.6 is 0 Å². The zero-order valence-corrected chi connectivity index (χ0v) is 11.6. The summed E-state index contributed by atoms with van der Waals surface area (Å²) in [6.07, 6.45) is 0.179. The largest absolute Gasteiger partial charge is 0.491 e. The third kappa shape index (κ3) is 4.10. The predicted octanol–water partition coefficient (Wildman–Crippen LogP) is 3.06. The number of nitrogens with one attached hydrogen (secondary N) is 1. The summed E-state index contributed by atoms with van der Waals surface area (Å²) >= 11 is 0. The van der Waals surface area contributed by atoms with Gasteiger partial charge in [0.1, 0.15) is 5.75 Å². The smallest absolute Gasteiger partial charge is 0.150 e. The van der Waals surface area contributed by atoms with Crippen molar-refractivity contribution in [1.29, 1.82) is 0 Å². The topological polar surface area (TPSA) is 47.3 Å². The monoisotopic (exact) mass is 260 g/mol. The number of aromatic nitrogens is 1. The second-order valence-electron chi connectivity index (χ2n) is 4.81. The molecule has 0 saturated carbocycles. The van der Waals surface area contributed by atoms with Gasteiger partial charge in [0, 0.05) is 18.2 Å². The normalized spacial score (nSPS) is 10.9. The van der Waals surface area contributed by atoms with Crippen molar-refractivity contribution in [2.45, 2.75) is 40.0 Å². The van der Waals surface area contributed by atoms with Crippen LogP contribution in [0.25, 0.3) is 0 Å². The van der Waals surface area contributed by atoms with Crippen LogP contribution in [0.2, 0.25) is 0 Å². The first kappa shape index (κ1) is 13.6. The van der Waals surface area contributed by atoms with Crippen molar-refractivity contribution in [3.05, 3.63) is 47.3 Å². The van der Waals surface area contributed by atoms with Gasteiger partial charge in [-0.25, -0.2) is 0 Å². The van der Waals surface area contributed by atoms with Crippen molar-refractivity contribution in [3.8, 4) is 5.75 Å². The molecule has 4 heteroatoms. The molecule has 0 saturated heterocycles. The third-order valence-electron chi connectivity index (χ3n) is 2.63. The van der Waals surface area contributed by atoms with E-state index in [2.05, 4.69) is 16.5 Å². The van der Waals surface area contributed by atoms with Gasteiger partial charge in [-0.1, -0.05) is 23.4 Å². The highest BCUT2D eigenvalue weighted by atomic mass is 16.5. The van der Waals surface area contributed by atoms with Crippen LogP contribution in [-0.2, 0) is 13.1 Å². The molecule has 0 aliphatic heterocycles. The summed E-state index contributed by atoms with van der Waals surface area (Å²) in [7, 11) is 0. The average molecular weight is 260 g/mol. The maximum atomic E-state index is 5.78. The highest BCUT2D eigenvalue weighted by Crippen LogP contribution is 2.19. The molecule has 0 aliphatic rings. The van der Waals surface area contributed by atoms with Crippen molar-refractivity contribution in [1.82, 2.24) is 10.5 Å². The predicted molar refractivity (Wildman–Crippen MR) is 74.0 cm³/mol. The molecule has 0 atom stereocenters. The fourth-order valence-electron chi connectivity index (χ4n) is 1.84. The zero-order chi connectivity index (χ0) is 13.7. The summed E-state index contributed by atoms with van der Waals surface area (Å²) in [5.74, 6) is 1.78. The molecule has 4 nitrogen and oxygen atoms in total. The van der Waals surface area contributed by atoms with E-state index in [4.69, 9.17) is 9.26 Å². The van der Waals surface area contributed by atoms with Crippen LogP contribution in [-0.4, -0.2) is 11.3 Å². The van der Waals surface area contributed by atoms with Crippen molar-refractivity contribution >= 4 is 0 Å². The summed E-state index contributed by atoms with van der Waals surface area (Å²) < 4.78 is 10.9. The Balaban J connectivity index is 1.92. The number of rotatable bonds is 6. The lowest BCUT2D eigenvalue weighted by Gasteiger charge is -2.14. The number of benzene rings is 1. The van der Waals surface area contributed by atoms with E-state index < -0.39 is 0 Å². The van der Waals surface area contributed by atoms with E-state index in [9.17, 15) is 0 Å². The summed E-state index contributed by atoms with van der Waals surface area (Å²) in [4.78, 5) is 0. The SMILES string of the molecule is Cc1cc(CNCc2ccccc2OC(C)C)on1. The summed E-state index contributed by atoms with van der Waals surface area (Å²) in [6.45, 7) is 7.38. The third-order valence-corrected chi connectivity index (χ3v) is 2.63. The van der Waals surface area contributed by atoms with E-state index in [0.717, 1.165) is 29.3 Å². The minimum Gasteiger partial charge on any atom is -0.491 e. The van der Waals surface area contributed by atoms with Gasteiger partial charge in [0.15, 0.2) is 5.76 Å². The Morgan fingerprint density at radius 1 is 1.26 bits per heavy atom. The molecule has 102 valence electrons. The van der Waals surface area contributed by atoms with Gasteiger partial charge in [-0.15, -0.1) is 0 Å². The van der Waals surface area contributed by atoms with Gasteiger partial charge in [-0.05, 0) is 26.8 Å². The number of hydrogen-bond acceptors (Lipinski definition) is 4. The second-order valence-corrected chi connectivity index (χ2v) is 4.81. The first-order chi connectivity index (χ1) is 9.15. The molecule has 0 aliphatic carbocycles. The Labute approximate surface area is 113 Å². The van der Waals surface area contributed by atoms with Gasteiger partial charge in [0.05, 0.1) is 18.3 Å². The Morgan fingerprint density at radius 3 is 2.74 bits per heavy atom. The van der Waals surface area contributed by atoms with E-state index in [1.165, 1.54) is 0 Å². The Kier molecular flexibility index (Phi) is 4.58. The molecule has 1 N–H and O–H groups in total. The number of nitrogens with zero attached hydrogens (tertiary/aromatic N) is 1. The van der Waals surface area contributed by atoms with Crippen LogP contribution in [0.5, 0.6) is 5.75 Å². The van der Waals surface area contributed by atoms with Gasteiger partial charge in [-0.3, -0.25) is 0 Å². The van der Waals surface area contributed by atoms with Crippen LogP contribution in [0.1, 0.15) is 30.9 Å². The van der Waals surface area contributed by atoms with E-state index in [-0.39, 0.29) is 6.10 Å². The standard InChI is InChI=1S/C15H20N2O2/c1-11(2)18-15-7-5-4-6-13(15)9-16-10-14-8-12(3)17-19-14/h4-8,11,16H,9-10H2,1-3H3. The maximum Gasteiger partial charge on any atom is 0.150 e. The zero-order valence-electron chi connectivity index (χ0n) is 11.6. The Morgan fingerprint density at radius 2 is 2.05 bits per heavy atom. The number of ether oxygens (including phenoxy) is 1. The van der Waals surface area contributed by atoms with E-state index in [1.54, 1.807) is 0 Å². The van der Waals surface area contributed by atoms with Crippen LogP contribution in [0.4, 0.5) is 0 Å². The molecule has 1 heterocycles. The van der Waals surface area contributed by atoms with Crippen molar-refractivity contribution in [3.63, 3.8) is 0 Å². The number of hydrogen-bond donors (Lipinski definition) is 1. The summed E-state index contributed by atoms with van der Waals surface area (Å²) in [5, 5.41) is 7.19. The highest BCUT2D eigenvalue weighted by molar-refractivity contribution is 5.33. The molecule has 2 aromatic rings. The summed E-state index contributed by atoms with van der Waals surface area (Å²) in [6, 6.07) is 10.00. The molecule has 0 fully saturated rings. The quantitative estimate of drug-likeness (QED) is 0.867. The lowest BCUT2D eigenvalue weighted by molar-refractivity contribution is 0.239. The molecule has 0 amide bonds. The van der Waals surface area contributed by atoms with E-state index in [0.29, 0.717) is 6.54 Å².